The van der Waals surface area contributed by atoms with Crippen LogP contribution in [0.25, 0.3) is 22.6 Å². The zero-order valence-corrected chi connectivity index (χ0v) is 15.1. The van der Waals surface area contributed by atoms with Crippen molar-refractivity contribution in [3.8, 4) is 22.6 Å². The highest BCUT2D eigenvalue weighted by Crippen LogP contribution is 2.42. The molecule has 0 radical (unpaired) electrons. The van der Waals surface area contributed by atoms with E-state index in [2.05, 4.69) is 10.3 Å². The predicted molar refractivity (Wildman–Crippen MR) is 90.7 cm³/mol. The number of rotatable bonds is 5. The van der Waals surface area contributed by atoms with Gasteiger partial charge in [-0.05, 0) is 19.1 Å². The molecule has 0 aliphatic rings. The third-order valence-electron chi connectivity index (χ3n) is 3.94. The van der Waals surface area contributed by atoms with Gasteiger partial charge in [0.1, 0.15) is 11.5 Å². The van der Waals surface area contributed by atoms with Crippen molar-refractivity contribution in [2.75, 3.05) is 0 Å². The number of aromatic nitrogens is 3. The SMILES string of the molecule is C[C@@H](O)Cn1ncc(-c2onc(-c3c(F)cccc3Cl)c2CO)c1C(F)(F)F. The van der Waals surface area contributed by atoms with Gasteiger partial charge >= 0.3 is 6.18 Å². The van der Waals surface area contributed by atoms with Gasteiger partial charge in [-0.1, -0.05) is 22.8 Å². The van der Waals surface area contributed by atoms with E-state index in [1.807, 2.05) is 0 Å². The highest BCUT2D eigenvalue weighted by Gasteiger charge is 2.40. The van der Waals surface area contributed by atoms with Crippen molar-refractivity contribution in [1.82, 2.24) is 14.9 Å². The van der Waals surface area contributed by atoms with Crippen LogP contribution in [0.2, 0.25) is 5.02 Å². The highest BCUT2D eigenvalue weighted by atomic mass is 35.5. The largest absolute Gasteiger partial charge is 0.433 e. The van der Waals surface area contributed by atoms with E-state index in [0.717, 1.165) is 12.3 Å². The Kier molecular flexibility index (Phi) is 5.46. The fourth-order valence-electron chi connectivity index (χ4n) is 2.83. The molecule has 3 rings (SSSR count). The van der Waals surface area contributed by atoms with Crippen LogP contribution in [0.5, 0.6) is 0 Å². The number of benzene rings is 1. The minimum Gasteiger partial charge on any atom is -0.391 e. The lowest BCUT2D eigenvalue weighted by atomic mass is 10.0. The quantitative estimate of drug-likeness (QED) is 0.613. The molecule has 3 aromatic rings. The molecule has 0 fully saturated rings. The minimum absolute atomic E-state index is 0.0459. The Morgan fingerprint density at radius 1 is 1.32 bits per heavy atom. The molecule has 1 atom stereocenters. The van der Waals surface area contributed by atoms with Crippen molar-refractivity contribution in [2.45, 2.75) is 32.4 Å². The molecule has 150 valence electrons. The number of hydrogen-bond acceptors (Lipinski definition) is 5. The van der Waals surface area contributed by atoms with Gasteiger partial charge in [-0.15, -0.1) is 0 Å². The zero-order valence-electron chi connectivity index (χ0n) is 14.3. The number of halogens is 5. The summed E-state index contributed by atoms with van der Waals surface area (Å²) in [6.07, 6.45) is -5.04. The van der Waals surface area contributed by atoms with Crippen LogP contribution < -0.4 is 0 Å². The van der Waals surface area contributed by atoms with Crippen LogP contribution in [0.3, 0.4) is 0 Å². The first-order chi connectivity index (χ1) is 13.1. The molecule has 11 heteroatoms. The molecule has 2 aromatic heterocycles. The molecule has 6 nitrogen and oxygen atoms in total. The van der Waals surface area contributed by atoms with Gasteiger partial charge in [0, 0.05) is 0 Å². The summed E-state index contributed by atoms with van der Waals surface area (Å²) in [5.41, 5.74) is -2.27. The van der Waals surface area contributed by atoms with Gasteiger partial charge < -0.3 is 14.7 Å². The van der Waals surface area contributed by atoms with E-state index in [9.17, 15) is 27.8 Å². The standard InChI is InChI=1S/C17H14ClF4N3O3/c1-8(27)6-25-16(17(20,21)22)9(5-23-25)15-10(7-26)14(24-28-15)13-11(18)3-2-4-12(13)19/h2-5,8,26-27H,6-7H2,1H3/t8-/m1/s1. The predicted octanol–water partition coefficient (Wildman–Crippen LogP) is 3.89. The van der Waals surface area contributed by atoms with E-state index in [1.54, 1.807) is 0 Å². The normalized spacial score (nSPS) is 13.1. The molecule has 2 N–H and O–H groups in total. The monoisotopic (exact) mass is 419 g/mol. The molecule has 0 saturated carbocycles. The number of aliphatic hydroxyl groups is 2. The average molecular weight is 420 g/mol. The molecule has 0 aliphatic carbocycles. The Balaban J connectivity index is 2.22. The number of nitrogens with zero attached hydrogens (tertiary/aromatic N) is 3. The maximum atomic E-state index is 14.2. The van der Waals surface area contributed by atoms with Crippen LogP contribution in [0, 0.1) is 5.82 Å². The van der Waals surface area contributed by atoms with Crippen LogP contribution in [0.4, 0.5) is 17.6 Å². The van der Waals surface area contributed by atoms with E-state index in [4.69, 9.17) is 16.1 Å². The molecule has 1 aromatic carbocycles. The second kappa shape index (κ2) is 7.53. The summed E-state index contributed by atoms with van der Waals surface area (Å²) in [6.45, 7) is 0.120. The third kappa shape index (κ3) is 3.62. The van der Waals surface area contributed by atoms with E-state index in [0.29, 0.717) is 4.68 Å². The molecule has 0 unspecified atom stereocenters. The van der Waals surface area contributed by atoms with E-state index < -0.39 is 48.3 Å². The topological polar surface area (TPSA) is 84.3 Å². The second-order valence-electron chi connectivity index (χ2n) is 6.03. The van der Waals surface area contributed by atoms with Crippen LogP contribution >= 0.6 is 11.6 Å². The first-order valence-corrected chi connectivity index (χ1v) is 8.38. The second-order valence-corrected chi connectivity index (χ2v) is 6.44. The van der Waals surface area contributed by atoms with E-state index in [-0.39, 0.29) is 21.8 Å². The van der Waals surface area contributed by atoms with Crippen molar-refractivity contribution < 1.29 is 32.3 Å². The van der Waals surface area contributed by atoms with Crippen LogP contribution in [0.15, 0.2) is 28.9 Å². The van der Waals surface area contributed by atoms with Gasteiger partial charge in [-0.2, -0.15) is 18.3 Å². The third-order valence-corrected chi connectivity index (χ3v) is 4.25. The first kappa shape index (κ1) is 20.3. The van der Waals surface area contributed by atoms with E-state index in [1.165, 1.54) is 19.1 Å². The van der Waals surface area contributed by atoms with Gasteiger partial charge in [0.2, 0.25) is 0 Å². The van der Waals surface area contributed by atoms with Crippen LogP contribution in [0.1, 0.15) is 18.2 Å². The smallest absolute Gasteiger partial charge is 0.391 e. The van der Waals surface area contributed by atoms with Crippen LogP contribution in [-0.4, -0.2) is 31.3 Å². The fourth-order valence-corrected chi connectivity index (χ4v) is 3.08. The maximum Gasteiger partial charge on any atom is 0.433 e. The van der Waals surface area contributed by atoms with E-state index >= 15 is 0 Å². The maximum absolute atomic E-state index is 14.2. The van der Waals surface area contributed by atoms with Crippen molar-refractivity contribution in [3.05, 3.63) is 46.5 Å². The molecule has 0 saturated heterocycles. The van der Waals surface area contributed by atoms with Crippen molar-refractivity contribution in [2.24, 2.45) is 0 Å². The Bertz CT molecular complexity index is 978. The summed E-state index contributed by atoms with van der Waals surface area (Å²) in [7, 11) is 0. The van der Waals surface area contributed by atoms with Crippen LogP contribution in [-0.2, 0) is 19.3 Å². The molecular formula is C17H14ClF4N3O3. The van der Waals surface area contributed by atoms with Gasteiger partial charge in [-0.3, -0.25) is 4.68 Å². The van der Waals surface area contributed by atoms with Gasteiger partial charge in [0.05, 0.1) is 47.2 Å². The number of alkyl halides is 3. The molecule has 0 bridgehead atoms. The summed E-state index contributed by atoms with van der Waals surface area (Å²) in [5.74, 6) is -1.19. The summed E-state index contributed by atoms with van der Waals surface area (Å²) in [4.78, 5) is 0. The van der Waals surface area contributed by atoms with Crippen molar-refractivity contribution >= 4 is 11.6 Å². The molecule has 0 aliphatic heterocycles. The summed E-state index contributed by atoms with van der Waals surface area (Å²) in [6, 6.07) is 3.82. The molecular weight excluding hydrogens is 406 g/mol. The Morgan fingerprint density at radius 2 is 2.04 bits per heavy atom. The van der Waals surface area contributed by atoms with Crippen molar-refractivity contribution in [1.29, 1.82) is 0 Å². The number of aliphatic hydroxyl groups excluding tert-OH is 2. The average Bonchev–Trinajstić information content (AvgIpc) is 3.17. The molecule has 28 heavy (non-hydrogen) atoms. The zero-order chi connectivity index (χ0) is 20.6. The molecule has 2 heterocycles. The lowest BCUT2D eigenvalue weighted by Crippen LogP contribution is -2.20. The first-order valence-electron chi connectivity index (χ1n) is 8.00. The minimum atomic E-state index is -4.84. The van der Waals surface area contributed by atoms with Crippen molar-refractivity contribution in [3.63, 3.8) is 0 Å². The van der Waals surface area contributed by atoms with Gasteiger partial charge in [0.15, 0.2) is 11.5 Å². The summed E-state index contributed by atoms with van der Waals surface area (Å²) in [5, 5.41) is 26.4. The fraction of sp³-hybridized carbons (Fsp3) is 0.294. The molecule has 0 spiro atoms. The Hall–Kier alpha value is -2.43. The Morgan fingerprint density at radius 3 is 2.61 bits per heavy atom. The number of hydrogen-bond donors (Lipinski definition) is 2. The lowest BCUT2D eigenvalue weighted by Gasteiger charge is -2.13. The molecule has 0 amide bonds. The van der Waals surface area contributed by atoms with Gasteiger partial charge in [0.25, 0.3) is 0 Å². The summed E-state index contributed by atoms with van der Waals surface area (Å²) < 4.78 is 60.7. The Labute approximate surface area is 160 Å². The summed E-state index contributed by atoms with van der Waals surface area (Å²) >= 11 is 5.99. The van der Waals surface area contributed by atoms with Gasteiger partial charge in [-0.25, -0.2) is 4.39 Å². The lowest BCUT2D eigenvalue weighted by molar-refractivity contribution is -0.144. The highest BCUT2D eigenvalue weighted by molar-refractivity contribution is 6.33.